The lowest BCUT2D eigenvalue weighted by Gasteiger charge is -2.01. The van der Waals surface area contributed by atoms with Crippen molar-refractivity contribution in [2.45, 2.75) is 6.92 Å². The molecule has 0 unspecified atom stereocenters. The third-order valence-electron chi connectivity index (χ3n) is 1.21. The summed E-state index contributed by atoms with van der Waals surface area (Å²) >= 11 is 0. The number of aldehydes is 1. The lowest BCUT2D eigenvalue weighted by molar-refractivity contribution is 0.111. The Labute approximate surface area is 65.0 Å². The fourth-order valence-corrected chi connectivity index (χ4v) is 0.750. The molecule has 0 aromatic carbocycles. The number of ether oxygens (including phenoxy) is 1. The molecule has 0 aliphatic heterocycles. The molecule has 0 spiro atoms. The van der Waals surface area contributed by atoms with Gasteiger partial charge in [0.1, 0.15) is 0 Å². The first-order valence-electron chi connectivity index (χ1n) is 3.41. The maximum Gasteiger partial charge on any atom is 0.224 e. The minimum Gasteiger partial charge on any atom is -0.477 e. The molecule has 58 valence electrons. The summed E-state index contributed by atoms with van der Waals surface area (Å²) in [6.45, 7) is 2.38. The van der Waals surface area contributed by atoms with E-state index in [0.29, 0.717) is 18.1 Å². The van der Waals surface area contributed by atoms with Crippen molar-refractivity contribution in [3.05, 3.63) is 23.9 Å². The molecule has 0 amide bonds. The Balaban J connectivity index is 2.92. The van der Waals surface area contributed by atoms with Crippen molar-refractivity contribution in [1.29, 1.82) is 0 Å². The van der Waals surface area contributed by atoms with Gasteiger partial charge < -0.3 is 4.74 Å². The molecule has 1 heterocycles. The van der Waals surface area contributed by atoms with E-state index in [4.69, 9.17) is 4.74 Å². The summed E-state index contributed by atoms with van der Waals surface area (Å²) in [5, 5.41) is 0. The van der Waals surface area contributed by atoms with Crippen molar-refractivity contribution in [2.24, 2.45) is 0 Å². The number of carbonyl (C=O) groups is 1. The van der Waals surface area contributed by atoms with Crippen LogP contribution >= 0.6 is 0 Å². The Morgan fingerprint density at radius 1 is 1.73 bits per heavy atom. The van der Waals surface area contributed by atoms with Gasteiger partial charge in [-0.25, -0.2) is 4.98 Å². The predicted octanol–water partition coefficient (Wildman–Crippen LogP) is 1.29. The molecular formula is C8H9NO2. The van der Waals surface area contributed by atoms with Crippen LogP contribution in [-0.4, -0.2) is 17.9 Å². The van der Waals surface area contributed by atoms with Gasteiger partial charge in [-0.3, -0.25) is 4.79 Å². The monoisotopic (exact) mass is 151 g/mol. The molecular weight excluding hydrogens is 142 g/mol. The maximum atomic E-state index is 10.4. The zero-order valence-corrected chi connectivity index (χ0v) is 6.28. The highest BCUT2D eigenvalue weighted by Crippen LogP contribution is 2.10. The summed E-state index contributed by atoms with van der Waals surface area (Å²) in [4.78, 5) is 14.3. The zero-order valence-electron chi connectivity index (χ0n) is 6.28. The molecule has 11 heavy (non-hydrogen) atoms. The molecule has 0 bridgehead atoms. The average Bonchev–Trinajstić information content (AvgIpc) is 2.06. The Kier molecular flexibility index (Phi) is 2.60. The molecule has 1 rings (SSSR count). The molecule has 0 saturated heterocycles. The van der Waals surface area contributed by atoms with Crippen LogP contribution in [0, 0.1) is 0 Å². The van der Waals surface area contributed by atoms with Crippen LogP contribution in [0.2, 0.25) is 0 Å². The van der Waals surface area contributed by atoms with Gasteiger partial charge in [0.05, 0.1) is 12.2 Å². The molecule has 3 heteroatoms. The topological polar surface area (TPSA) is 39.2 Å². The van der Waals surface area contributed by atoms with Crippen molar-refractivity contribution >= 4 is 6.29 Å². The summed E-state index contributed by atoms with van der Waals surface area (Å²) in [5.74, 6) is 0.407. The van der Waals surface area contributed by atoms with Crippen molar-refractivity contribution in [2.75, 3.05) is 6.61 Å². The Hall–Kier alpha value is -1.38. The van der Waals surface area contributed by atoms with Gasteiger partial charge in [0, 0.05) is 6.20 Å². The number of nitrogens with zero attached hydrogens (tertiary/aromatic N) is 1. The van der Waals surface area contributed by atoms with Crippen molar-refractivity contribution in [3.63, 3.8) is 0 Å². The SMILES string of the molecule is CCOc1ncccc1C=O. The number of hydrogen-bond donors (Lipinski definition) is 0. The number of aromatic nitrogens is 1. The van der Waals surface area contributed by atoms with Gasteiger partial charge >= 0.3 is 0 Å². The van der Waals surface area contributed by atoms with Crippen LogP contribution < -0.4 is 4.74 Å². The second-order valence-electron chi connectivity index (χ2n) is 1.95. The van der Waals surface area contributed by atoms with Gasteiger partial charge in [-0.05, 0) is 19.1 Å². The van der Waals surface area contributed by atoms with E-state index in [9.17, 15) is 4.79 Å². The Bertz CT molecular complexity index is 248. The molecule has 1 aromatic rings. The van der Waals surface area contributed by atoms with Gasteiger partial charge in [0.2, 0.25) is 5.88 Å². The zero-order chi connectivity index (χ0) is 8.10. The summed E-state index contributed by atoms with van der Waals surface area (Å²) in [7, 11) is 0. The van der Waals surface area contributed by atoms with E-state index in [1.54, 1.807) is 18.3 Å². The highest BCUT2D eigenvalue weighted by Gasteiger charge is 2.00. The van der Waals surface area contributed by atoms with Crippen molar-refractivity contribution in [3.8, 4) is 5.88 Å². The van der Waals surface area contributed by atoms with E-state index in [0.717, 1.165) is 6.29 Å². The molecule has 0 fully saturated rings. The van der Waals surface area contributed by atoms with E-state index in [1.807, 2.05) is 6.92 Å². The van der Waals surface area contributed by atoms with Crippen LogP contribution in [0.3, 0.4) is 0 Å². The molecule has 1 aromatic heterocycles. The molecule has 0 saturated carbocycles. The summed E-state index contributed by atoms with van der Waals surface area (Å²) in [6, 6.07) is 3.37. The summed E-state index contributed by atoms with van der Waals surface area (Å²) in [6.07, 6.45) is 2.33. The van der Waals surface area contributed by atoms with E-state index >= 15 is 0 Å². The molecule has 0 N–H and O–H groups in total. The quantitative estimate of drug-likeness (QED) is 0.611. The minimum absolute atomic E-state index is 0.407. The van der Waals surface area contributed by atoms with Gasteiger partial charge in [-0.1, -0.05) is 0 Å². The van der Waals surface area contributed by atoms with E-state index in [2.05, 4.69) is 4.98 Å². The van der Waals surface area contributed by atoms with Crippen molar-refractivity contribution in [1.82, 2.24) is 4.98 Å². The maximum absolute atomic E-state index is 10.4. The minimum atomic E-state index is 0.407. The molecule has 0 aliphatic carbocycles. The van der Waals surface area contributed by atoms with Crippen LogP contribution in [0.5, 0.6) is 5.88 Å². The highest BCUT2D eigenvalue weighted by atomic mass is 16.5. The first-order valence-corrected chi connectivity index (χ1v) is 3.41. The van der Waals surface area contributed by atoms with Crippen molar-refractivity contribution < 1.29 is 9.53 Å². The van der Waals surface area contributed by atoms with Gasteiger partial charge in [0.25, 0.3) is 0 Å². The van der Waals surface area contributed by atoms with Crippen LogP contribution in [0.15, 0.2) is 18.3 Å². The first kappa shape index (κ1) is 7.72. The predicted molar refractivity (Wildman–Crippen MR) is 40.8 cm³/mol. The average molecular weight is 151 g/mol. The first-order chi connectivity index (χ1) is 5.38. The third-order valence-corrected chi connectivity index (χ3v) is 1.21. The molecule has 0 aliphatic rings. The standard InChI is InChI=1S/C8H9NO2/c1-2-11-8-7(6-10)4-3-5-9-8/h3-6H,2H2,1H3. The largest absolute Gasteiger partial charge is 0.477 e. The van der Waals surface area contributed by atoms with Crippen LogP contribution in [-0.2, 0) is 0 Å². The number of carbonyl (C=O) groups excluding carboxylic acids is 1. The number of hydrogen-bond acceptors (Lipinski definition) is 3. The number of rotatable bonds is 3. The fraction of sp³-hybridized carbons (Fsp3) is 0.250. The van der Waals surface area contributed by atoms with Crippen LogP contribution in [0.25, 0.3) is 0 Å². The highest BCUT2D eigenvalue weighted by molar-refractivity contribution is 5.77. The lowest BCUT2D eigenvalue weighted by Crippen LogP contribution is -1.97. The van der Waals surface area contributed by atoms with E-state index in [-0.39, 0.29) is 0 Å². The molecule has 3 nitrogen and oxygen atoms in total. The van der Waals surface area contributed by atoms with E-state index in [1.165, 1.54) is 0 Å². The Morgan fingerprint density at radius 2 is 2.55 bits per heavy atom. The van der Waals surface area contributed by atoms with Crippen LogP contribution in [0.4, 0.5) is 0 Å². The van der Waals surface area contributed by atoms with Gasteiger partial charge in [0.15, 0.2) is 6.29 Å². The summed E-state index contributed by atoms with van der Waals surface area (Å²) < 4.78 is 5.09. The lowest BCUT2D eigenvalue weighted by atomic mass is 10.3. The van der Waals surface area contributed by atoms with Gasteiger partial charge in [-0.2, -0.15) is 0 Å². The fourth-order valence-electron chi connectivity index (χ4n) is 0.750. The Morgan fingerprint density at radius 3 is 3.18 bits per heavy atom. The second kappa shape index (κ2) is 3.71. The van der Waals surface area contributed by atoms with Gasteiger partial charge in [-0.15, -0.1) is 0 Å². The number of pyridine rings is 1. The second-order valence-corrected chi connectivity index (χ2v) is 1.95. The molecule has 0 atom stereocenters. The van der Waals surface area contributed by atoms with Crippen LogP contribution in [0.1, 0.15) is 17.3 Å². The van der Waals surface area contributed by atoms with E-state index < -0.39 is 0 Å². The third kappa shape index (κ3) is 1.77. The molecule has 0 radical (unpaired) electrons. The smallest absolute Gasteiger partial charge is 0.224 e. The normalized spacial score (nSPS) is 9.18. The summed E-state index contributed by atoms with van der Waals surface area (Å²) in [5.41, 5.74) is 0.495.